The number of ether oxygens (including phenoxy) is 1. The van der Waals surface area contributed by atoms with Gasteiger partial charge in [0, 0.05) is 13.2 Å². The molecule has 0 radical (unpaired) electrons. The molecule has 1 heterocycles. The second-order valence-electron chi connectivity index (χ2n) is 5.42. The third-order valence-corrected chi connectivity index (χ3v) is 3.67. The molecule has 18 heavy (non-hydrogen) atoms. The summed E-state index contributed by atoms with van der Waals surface area (Å²) in [6.07, 6.45) is 9.47. The van der Waals surface area contributed by atoms with Crippen molar-refractivity contribution in [1.29, 1.82) is 0 Å². The molecule has 1 aliphatic rings. The minimum atomic E-state index is 0.426. The van der Waals surface area contributed by atoms with Crippen molar-refractivity contribution in [3.8, 4) is 0 Å². The van der Waals surface area contributed by atoms with E-state index >= 15 is 0 Å². The number of methoxy groups -OCH3 is 1. The summed E-state index contributed by atoms with van der Waals surface area (Å²) < 4.78 is 5.73. The van der Waals surface area contributed by atoms with Crippen molar-refractivity contribution >= 4 is 0 Å². The van der Waals surface area contributed by atoms with Crippen molar-refractivity contribution in [3.63, 3.8) is 0 Å². The van der Waals surface area contributed by atoms with Crippen molar-refractivity contribution in [2.24, 2.45) is 5.92 Å². The van der Waals surface area contributed by atoms with Crippen LogP contribution in [0.15, 0.2) is 0 Å². The van der Waals surface area contributed by atoms with Gasteiger partial charge in [-0.25, -0.2) is 0 Å². The normalized spacial score (nSPS) is 22.8. The van der Waals surface area contributed by atoms with Crippen LogP contribution in [0.2, 0.25) is 0 Å². The Morgan fingerprint density at radius 1 is 1.17 bits per heavy atom. The number of rotatable bonds is 6. The molecule has 0 amide bonds. The lowest BCUT2D eigenvalue weighted by atomic mass is 9.86. The van der Waals surface area contributed by atoms with Gasteiger partial charge >= 0.3 is 0 Å². The molecule has 1 fully saturated rings. The van der Waals surface area contributed by atoms with E-state index < -0.39 is 0 Å². The van der Waals surface area contributed by atoms with Crippen molar-refractivity contribution < 1.29 is 4.74 Å². The van der Waals surface area contributed by atoms with Crippen molar-refractivity contribution in [3.05, 3.63) is 0 Å². The SMILES string of the molecule is CCC.CCCC(CC)C(OC)C1CCCCN1. The van der Waals surface area contributed by atoms with Gasteiger partial charge in [-0.2, -0.15) is 0 Å². The van der Waals surface area contributed by atoms with Crippen LogP contribution in [-0.2, 0) is 4.74 Å². The van der Waals surface area contributed by atoms with Gasteiger partial charge in [0.15, 0.2) is 0 Å². The van der Waals surface area contributed by atoms with E-state index in [0.29, 0.717) is 12.1 Å². The number of piperidine rings is 1. The van der Waals surface area contributed by atoms with E-state index in [4.69, 9.17) is 4.74 Å². The monoisotopic (exact) mass is 257 g/mol. The third kappa shape index (κ3) is 6.75. The zero-order valence-corrected chi connectivity index (χ0v) is 13.3. The Labute approximate surface area is 115 Å². The highest BCUT2D eigenvalue weighted by atomic mass is 16.5. The first-order chi connectivity index (χ1) is 8.74. The highest BCUT2D eigenvalue weighted by Gasteiger charge is 2.28. The predicted octanol–water partition coefficient (Wildman–Crippen LogP) is 4.39. The Morgan fingerprint density at radius 3 is 2.22 bits per heavy atom. The minimum absolute atomic E-state index is 0.426. The van der Waals surface area contributed by atoms with Gasteiger partial charge in [-0.05, 0) is 31.7 Å². The van der Waals surface area contributed by atoms with E-state index in [1.807, 2.05) is 7.11 Å². The largest absolute Gasteiger partial charge is 0.380 e. The van der Waals surface area contributed by atoms with E-state index in [9.17, 15) is 0 Å². The predicted molar refractivity (Wildman–Crippen MR) is 81.1 cm³/mol. The fourth-order valence-electron chi connectivity index (χ4n) is 2.82. The second-order valence-corrected chi connectivity index (χ2v) is 5.42. The van der Waals surface area contributed by atoms with Gasteiger partial charge in [0.05, 0.1) is 6.10 Å². The summed E-state index contributed by atoms with van der Waals surface area (Å²) in [5.41, 5.74) is 0. The van der Waals surface area contributed by atoms with E-state index in [1.54, 1.807) is 0 Å². The van der Waals surface area contributed by atoms with Gasteiger partial charge < -0.3 is 10.1 Å². The van der Waals surface area contributed by atoms with Crippen molar-refractivity contribution in [2.45, 2.75) is 84.8 Å². The van der Waals surface area contributed by atoms with E-state index in [2.05, 4.69) is 33.0 Å². The first kappa shape index (κ1) is 17.9. The molecule has 0 aromatic rings. The molecule has 0 saturated carbocycles. The second kappa shape index (κ2) is 12.0. The highest BCUT2D eigenvalue weighted by molar-refractivity contribution is 4.84. The lowest BCUT2D eigenvalue weighted by Gasteiger charge is -2.35. The number of hydrogen-bond donors (Lipinski definition) is 1. The molecule has 0 aromatic carbocycles. The third-order valence-electron chi connectivity index (χ3n) is 3.67. The van der Waals surface area contributed by atoms with Gasteiger partial charge in [-0.15, -0.1) is 0 Å². The van der Waals surface area contributed by atoms with Gasteiger partial charge in [0.1, 0.15) is 0 Å². The quantitative estimate of drug-likeness (QED) is 0.762. The molecule has 1 saturated heterocycles. The summed E-state index contributed by atoms with van der Waals surface area (Å²) in [5, 5.41) is 3.62. The Hall–Kier alpha value is -0.0800. The molecule has 2 nitrogen and oxygen atoms in total. The first-order valence-electron chi connectivity index (χ1n) is 8.01. The summed E-state index contributed by atoms with van der Waals surface area (Å²) in [6.45, 7) is 9.98. The van der Waals surface area contributed by atoms with Crippen LogP contribution in [0, 0.1) is 5.92 Å². The average Bonchev–Trinajstić information content (AvgIpc) is 2.40. The van der Waals surface area contributed by atoms with Gasteiger partial charge in [-0.3, -0.25) is 0 Å². The number of hydrogen-bond acceptors (Lipinski definition) is 2. The van der Waals surface area contributed by atoms with Crippen LogP contribution in [0.1, 0.15) is 72.6 Å². The molecule has 0 aliphatic carbocycles. The van der Waals surface area contributed by atoms with Gasteiger partial charge in [-0.1, -0.05) is 53.4 Å². The molecular weight excluding hydrogens is 222 g/mol. The minimum Gasteiger partial charge on any atom is -0.380 e. The fourth-order valence-corrected chi connectivity index (χ4v) is 2.82. The summed E-state index contributed by atoms with van der Waals surface area (Å²) >= 11 is 0. The highest BCUT2D eigenvalue weighted by Crippen LogP contribution is 2.24. The van der Waals surface area contributed by atoms with Crippen LogP contribution in [0.4, 0.5) is 0 Å². The lowest BCUT2D eigenvalue weighted by molar-refractivity contribution is 0.00961. The first-order valence-corrected chi connectivity index (χ1v) is 8.01. The summed E-state index contributed by atoms with van der Waals surface area (Å²) in [5.74, 6) is 0.732. The fraction of sp³-hybridized carbons (Fsp3) is 1.00. The summed E-state index contributed by atoms with van der Waals surface area (Å²) in [4.78, 5) is 0. The van der Waals surface area contributed by atoms with Crippen molar-refractivity contribution in [2.75, 3.05) is 13.7 Å². The molecule has 1 N–H and O–H groups in total. The Balaban J connectivity index is 0.000000873. The van der Waals surface area contributed by atoms with Crippen LogP contribution in [-0.4, -0.2) is 25.8 Å². The summed E-state index contributed by atoms with van der Waals surface area (Å²) in [6, 6.07) is 0.597. The topological polar surface area (TPSA) is 21.3 Å². The lowest BCUT2D eigenvalue weighted by Crippen LogP contribution is -2.47. The molecule has 3 unspecified atom stereocenters. The standard InChI is InChI=1S/C13H27NO.C3H8/c1-4-8-11(5-2)13(15-3)12-9-6-7-10-14-12;1-3-2/h11-14H,4-10H2,1-3H3;3H2,1-2H3. The van der Waals surface area contributed by atoms with Crippen LogP contribution >= 0.6 is 0 Å². The Bertz CT molecular complexity index is 162. The maximum atomic E-state index is 5.73. The summed E-state index contributed by atoms with van der Waals surface area (Å²) in [7, 11) is 1.87. The van der Waals surface area contributed by atoms with E-state index in [1.165, 1.54) is 51.5 Å². The molecule has 0 aromatic heterocycles. The Morgan fingerprint density at radius 2 is 1.83 bits per heavy atom. The smallest absolute Gasteiger partial charge is 0.0752 e. The average molecular weight is 257 g/mol. The van der Waals surface area contributed by atoms with Crippen LogP contribution in [0.3, 0.4) is 0 Å². The molecule has 0 spiro atoms. The molecule has 2 heteroatoms. The molecular formula is C16H35NO. The molecule has 0 bridgehead atoms. The van der Waals surface area contributed by atoms with Gasteiger partial charge in [0.2, 0.25) is 0 Å². The molecule has 1 aliphatic heterocycles. The van der Waals surface area contributed by atoms with Gasteiger partial charge in [0.25, 0.3) is 0 Å². The zero-order chi connectivity index (χ0) is 13.8. The van der Waals surface area contributed by atoms with Crippen LogP contribution in [0.25, 0.3) is 0 Å². The molecule has 3 atom stereocenters. The Kier molecular flexibility index (Phi) is 11.9. The zero-order valence-electron chi connectivity index (χ0n) is 13.3. The van der Waals surface area contributed by atoms with E-state index in [-0.39, 0.29) is 0 Å². The molecule has 110 valence electrons. The van der Waals surface area contributed by atoms with E-state index in [0.717, 1.165) is 5.92 Å². The molecule has 1 rings (SSSR count). The maximum Gasteiger partial charge on any atom is 0.0752 e. The van der Waals surface area contributed by atoms with Crippen LogP contribution < -0.4 is 5.32 Å². The maximum absolute atomic E-state index is 5.73. The van der Waals surface area contributed by atoms with Crippen LogP contribution in [0.5, 0.6) is 0 Å². The number of nitrogens with one attached hydrogen (secondary N) is 1. The van der Waals surface area contributed by atoms with Crippen molar-refractivity contribution in [1.82, 2.24) is 5.32 Å².